The van der Waals surface area contributed by atoms with Gasteiger partial charge in [0.25, 0.3) is 0 Å². The van der Waals surface area contributed by atoms with E-state index < -0.39 is 12.1 Å². The van der Waals surface area contributed by atoms with Gasteiger partial charge in [0, 0.05) is 16.9 Å². The number of nitrogens with zero attached hydrogens (tertiary/aromatic N) is 2. The average Bonchev–Trinajstić information content (AvgIpc) is 3.28. The van der Waals surface area contributed by atoms with Gasteiger partial charge in [0.05, 0.1) is 6.10 Å². The van der Waals surface area contributed by atoms with Gasteiger partial charge in [-0.3, -0.25) is 0 Å². The van der Waals surface area contributed by atoms with Crippen molar-refractivity contribution in [1.82, 2.24) is 4.98 Å². The summed E-state index contributed by atoms with van der Waals surface area (Å²) >= 11 is 1.37. The molecule has 0 N–H and O–H groups in total. The molecule has 0 saturated heterocycles. The molecule has 1 atom stereocenters. The first kappa shape index (κ1) is 16.5. The molecule has 0 radical (unpaired) electrons. The summed E-state index contributed by atoms with van der Waals surface area (Å²) in [5.74, 6) is 0.451. The minimum atomic E-state index is -0.657. The fourth-order valence-electron chi connectivity index (χ4n) is 2.25. The van der Waals surface area contributed by atoms with Crippen molar-refractivity contribution in [2.45, 2.75) is 38.9 Å². The molecule has 1 heterocycles. The summed E-state index contributed by atoms with van der Waals surface area (Å²) in [7, 11) is 0. The van der Waals surface area contributed by atoms with Gasteiger partial charge in [-0.05, 0) is 51.0 Å². The normalized spacial score (nSPS) is 14.9. The predicted molar refractivity (Wildman–Crippen MR) is 90.9 cm³/mol. The summed E-state index contributed by atoms with van der Waals surface area (Å²) in [4.78, 5) is 16.4. The lowest BCUT2D eigenvalue weighted by atomic mass is 10.2. The van der Waals surface area contributed by atoms with Crippen molar-refractivity contribution in [3.05, 3.63) is 35.3 Å². The van der Waals surface area contributed by atoms with Crippen LogP contribution in [-0.4, -0.2) is 23.2 Å². The highest BCUT2D eigenvalue weighted by Crippen LogP contribution is 2.34. The SMILES string of the molecule is CC(C)Oc1ccc(-c2nc(C(=O)O[C@@H](C#N)C3CC3)cs2)cc1. The van der Waals surface area contributed by atoms with Crippen molar-refractivity contribution < 1.29 is 14.3 Å². The Morgan fingerprint density at radius 1 is 1.33 bits per heavy atom. The molecule has 6 heteroatoms. The first-order chi connectivity index (χ1) is 11.6. The molecule has 0 bridgehead atoms. The van der Waals surface area contributed by atoms with E-state index in [0.717, 1.165) is 29.2 Å². The molecule has 1 aromatic carbocycles. The molecule has 1 saturated carbocycles. The number of ether oxygens (including phenoxy) is 2. The zero-order valence-corrected chi connectivity index (χ0v) is 14.4. The Morgan fingerprint density at radius 3 is 2.62 bits per heavy atom. The lowest BCUT2D eigenvalue weighted by Gasteiger charge is -2.09. The molecule has 2 aromatic rings. The minimum absolute atomic E-state index is 0.122. The van der Waals surface area contributed by atoms with Crippen molar-refractivity contribution in [3.63, 3.8) is 0 Å². The zero-order chi connectivity index (χ0) is 17.1. The summed E-state index contributed by atoms with van der Waals surface area (Å²) in [6.45, 7) is 3.95. The lowest BCUT2D eigenvalue weighted by molar-refractivity contribution is 0.0364. The van der Waals surface area contributed by atoms with E-state index in [4.69, 9.17) is 14.7 Å². The van der Waals surface area contributed by atoms with E-state index >= 15 is 0 Å². The molecule has 0 unspecified atom stereocenters. The molecule has 0 spiro atoms. The number of hydrogen-bond acceptors (Lipinski definition) is 6. The van der Waals surface area contributed by atoms with Crippen LogP contribution >= 0.6 is 11.3 Å². The van der Waals surface area contributed by atoms with Gasteiger partial charge in [0.15, 0.2) is 11.8 Å². The summed E-state index contributed by atoms with van der Waals surface area (Å²) in [6, 6.07) is 9.63. The van der Waals surface area contributed by atoms with Crippen molar-refractivity contribution in [2.75, 3.05) is 0 Å². The highest BCUT2D eigenvalue weighted by Gasteiger charge is 2.34. The maximum absolute atomic E-state index is 12.1. The number of hydrogen-bond donors (Lipinski definition) is 0. The third-order valence-electron chi connectivity index (χ3n) is 3.60. The standard InChI is InChI=1S/C18H18N2O3S/c1-11(2)22-14-7-5-13(6-8-14)17-20-15(10-24-17)18(21)23-16(9-19)12-3-4-12/h5-8,10-12,16H,3-4H2,1-2H3/t16-/m0/s1. The Labute approximate surface area is 144 Å². The molecular weight excluding hydrogens is 324 g/mol. The van der Waals surface area contributed by atoms with Gasteiger partial charge in [-0.2, -0.15) is 5.26 Å². The maximum atomic E-state index is 12.1. The topological polar surface area (TPSA) is 72.2 Å². The van der Waals surface area contributed by atoms with Crippen LogP contribution in [-0.2, 0) is 4.74 Å². The Kier molecular flexibility index (Phi) is 4.81. The Hall–Kier alpha value is -2.39. The molecule has 3 rings (SSSR count). The largest absolute Gasteiger partial charge is 0.491 e. The summed E-state index contributed by atoms with van der Waals surface area (Å²) < 4.78 is 10.9. The monoisotopic (exact) mass is 342 g/mol. The third-order valence-corrected chi connectivity index (χ3v) is 4.49. The molecule has 1 aliphatic rings. The van der Waals surface area contributed by atoms with Crippen molar-refractivity contribution in [2.24, 2.45) is 5.92 Å². The van der Waals surface area contributed by atoms with Gasteiger partial charge in [-0.15, -0.1) is 11.3 Å². The molecule has 24 heavy (non-hydrogen) atoms. The van der Waals surface area contributed by atoms with Gasteiger partial charge >= 0.3 is 5.97 Å². The number of rotatable bonds is 6. The second kappa shape index (κ2) is 7.02. The molecule has 1 fully saturated rings. The van der Waals surface area contributed by atoms with Crippen LogP contribution in [0.1, 0.15) is 37.2 Å². The van der Waals surface area contributed by atoms with Crippen molar-refractivity contribution in [1.29, 1.82) is 5.26 Å². The van der Waals surface area contributed by atoms with Crippen LogP contribution in [0.3, 0.4) is 0 Å². The first-order valence-electron chi connectivity index (χ1n) is 7.90. The fourth-order valence-corrected chi connectivity index (χ4v) is 3.05. The fraction of sp³-hybridized carbons (Fsp3) is 0.389. The number of esters is 1. The van der Waals surface area contributed by atoms with Gasteiger partial charge in [-0.25, -0.2) is 9.78 Å². The summed E-state index contributed by atoms with van der Waals surface area (Å²) in [6.07, 6.45) is 1.35. The number of carbonyl (C=O) groups excluding carboxylic acids is 1. The van der Waals surface area contributed by atoms with Crippen LogP contribution in [0.5, 0.6) is 5.75 Å². The Morgan fingerprint density at radius 2 is 2.04 bits per heavy atom. The van der Waals surface area contributed by atoms with Crippen LogP contribution < -0.4 is 4.74 Å². The molecule has 0 amide bonds. The van der Waals surface area contributed by atoms with E-state index in [-0.39, 0.29) is 17.7 Å². The van der Waals surface area contributed by atoms with Crippen molar-refractivity contribution in [3.8, 4) is 22.4 Å². The predicted octanol–water partition coefficient (Wildman–Crippen LogP) is 4.06. The van der Waals surface area contributed by atoms with Crippen LogP contribution in [0.25, 0.3) is 10.6 Å². The van der Waals surface area contributed by atoms with Crippen LogP contribution in [0.2, 0.25) is 0 Å². The van der Waals surface area contributed by atoms with Gasteiger partial charge in [0.2, 0.25) is 0 Å². The van der Waals surface area contributed by atoms with Gasteiger partial charge < -0.3 is 9.47 Å². The summed E-state index contributed by atoms with van der Waals surface area (Å²) in [5.41, 5.74) is 1.16. The van der Waals surface area contributed by atoms with Gasteiger partial charge in [-0.1, -0.05) is 0 Å². The van der Waals surface area contributed by atoms with Gasteiger partial charge in [0.1, 0.15) is 16.8 Å². The number of aromatic nitrogens is 1. The first-order valence-corrected chi connectivity index (χ1v) is 8.78. The van der Waals surface area contributed by atoms with E-state index in [0.29, 0.717) is 0 Å². The van der Waals surface area contributed by atoms with Crippen LogP contribution in [0.4, 0.5) is 0 Å². The number of benzene rings is 1. The molecule has 5 nitrogen and oxygen atoms in total. The lowest BCUT2D eigenvalue weighted by Crippen LogP contribution is -2.18. The van der Waals surface area contributed by atoms with E-state index in [1.165, 1.54) is 11.3 Å². The Balaban J connectivity index is 1.68. The van der Waals surface area contributed by atoms with E-state index in [1.54, 1.807) is 5.38 Å². The molecule has 124 valence electrons. The van der Waals surface area contributed by atoms with Crippen molar-refractivity contribution >= 4 is 17.3 Å². The molecule has 1 aliphatic carbocycles. The average molecular weight is 342 g/mol. The van der Waals surface area contributed by atoms with E-state index in [1.807, 2.05) is 44.2 Å². The highest BCUT2D eigenvalue weighted by molar-refractivity contribution is 7.13. The van der Waals surface area contributed by atoms with E-state index in [9.17, 15) is 4.79 Å². The summed E-state index contributed by atoms with van der Waals surface area (Å²) in [5, 5.41) is 11.4. The smallest absolute Gasteiger partial charge is 0.359 e. The molecular formula is C18H18N2O3S. The second-order valence-electron chi connectivity index (χ2n) is 6.02. The number of nitriles is 1. The quantitative estimate of drug-likeness (QED) is 0.740. The van der Waals surface area contributed by atoms with Crippen LogP contribution in [0, 0.1) is 17.2 Å². The van der Waals surface area contributed by atoms with E-state index in [2.05, 4.69) is 4.98 Å². The zero-order valence-electron chi connectivity index (χ0n) is 13.6. The molecule has 0 aliphatic heterocycles. The second-order valence-corrected chi connectivity index (χ2v) is 6.88. The minimum Gasteiger partial charge on any atom is -0.491 e. The number of carbonyl (C=O) groups is 1. The molecule has 1 aromatic heterocycles. The third kappa shape index (κ3) is 3.92. The number of thiazole rings is 1. The maximum Gasteiger partial charge on any atom is 0.359 e. The van der Waals surface area contributed by atoms with Crippen LogP contribution in [0.15, 0.2) is 29.6 Å². The highest BCUT2D eigenvalue weighted by atomic mass is 32.1. The Bertz CT molecular complexity index is 757.